The van der Waals surface area contributed by atoms with Crippen molar-refractivity contribution in [3.63, 3.8) is 0 Å². The number of alkyl halides is 3. The Morgan fingerprint density at radius 1 is 0.926 bits per heavy atom. The highest BCUT2D eigenvalue weighted by Gasteiger charge is 2.30. The Kier molecular flexibility index (Phi) is 5.88. The molecule has 1 unspecified atom stereocenters. The molecule has 0 radical (unpaired) electrons. The van der Waals surface area contributed by atoms with Gasteiger partial charge in [0.1, 0.15) is 0 Å². The van der Waals surface area contributed by atoms with E-state index in [1.165, 1.54) is 17.7 Å². The Hall–Kier alpha value is -2.30. The van der Waals surface area contributed by atoms with E-state index >= 15 is 0 Å². The smallest absolute Gasteiger partial charge is 0.306 e. The molecule has 1 atom stereocenters. The molecule has 27 heavy (non-hydrogen) atoms. The molecule has 1 N–H and O–H groups in total. The summed E-state index contributed by atoms with van der Waals surface area (Å²) in [5.74, 6) is 0. The third kappa shape index (κ3) is 4.90. The predicted molar refractivity (Wildman–Crippen MR) is 104 cm³/mol. The Morgan fingerprint density at radius 3 is 2.22 bits per heavy atom. The van der Waals surface area contributed by atoms with Crippen molar-refractivity contribution in [2.24, 2.45) is 0 Å². The van der Waals surface area contributed by atoms with Crippen LogP contribution in [0.25, 0.3) is 11.1 Å². The minimum atomic E-state index is -4.35. The van der Waals surface area contributed by atoms with Crippen molar-refractivity contribution < 1.29 is 13.2 Å². The molecular weight excluding hydrogens is 371 g/mol. The lowest BCUT2D eigenvalue weighted by Crippen LogP contribution is -2.18. The molecule has 0 spiro atoms. The first-order valence-corrected chi connectivity index (χ1v) is 8.97. The second-order valence-electron chi connectivity index (χ2n) is 6.40. The van der Waals surface area contributed by atoms with Gasteiger partial charge in [0.05, 0.1) is 5.56 Å². The van der Waals surface area contributed by atoms with Crippen molar-refractivity contribution in [3.8, 4) is 11.1 Å². The van der Waals surface area contributed by atoms with Gasteiger partial charge in [0.25, 0.3) is 0 Å². The molecule has 140 valence electrons. The van der Waals surface area contributed by atoms with Crippen LogP contribution >= 0.6 is 11.6 Å². The van der Waals surface area contributed by atoms with Gasteiger partial charge in [-0.2, -0.15) is 13.2 Å². The van der Waals surface area contributed by atoms with Crippen molar-refractivity contribution in [3.05, 3.63) is 94.5 Å². The van der Waals surface area contributed by atoms with Crippen molar-refractivity contribution in [2.75, 3.05) is 0 Å². The zero-order valence-corrected chi connectivity index (χ0v) is 15.5. The van der Waals surface area contributed by atoms with Gasteiger partial charge in [-0.05, 0) is 47.9 Å². The van der Waals surface area contributed by atoms with Gasteiger partial charge in [-0.1, -0.05) is 60.1 Å². The van der Waals surface area contributed by atoms with E-state index in [1.807, 2.05) is 30.3 Å². The summed E-state index contributed by atoms with van der Waals surface area (Å²) in [6.45, 7) is 2.71. The topological polar surface area (TPSA) is 12.0 Å². The van der Waals surface area contributed by atoms with Crippen LogP contribution in [0.15, 0.2) is 72.8 Å². The van der Waals surface area contributed by atoms with Gasteiger partial charge in [-0.3, -0.25) is 0 Å². The maximum absolute atomic E-state index is 12.7. The van der Waals surface area contributed by atoms with E-state index in [1.54, 1.807) is 6.07 Å². The molecule has 3 aromatic carbocycles. The van der Waals surface area contributed by atoms with Gasteiger partial charge >= 0.3 is 6.18 Å². The molecule has 5 heteroatoms. The van der Waals surface area contributed by atoms with Gasteiger partial charge in [0.2, 0.25) is 0 Å². The number of hydrogen-bond acceptors (Lipinski definition) is 1. The lowest BCUT2D eigenvalue weighted by molar-refractivity contribution is -0.137. The lowest BCUT2D eigenvalue weighted by atomic mass is 10.0. The SMILES string of the molecule is CC(NCc1ccc(Cl)c(-c2ccc(C(F)(F)F)cc2)c1)c1ccccc1. The van der Waals surface area contributed by atoms with Crippen LogP contribution in [0.1, 0.15) is 29.7 Å². The average molecular weight is 390 g/mol. The predicted octanol–water partition coefficient (Wildman–Crippen LogP) is 6.88. The monoisotopic (exact) mass is 389 g/mol. The summed E-state index contributed by atoms with van der Waals surface area (Å²) in [4.78, 5) is 0. The molecular formula is C22H19ClF3N. The number of rotatable bonds is 5. The number of nitrogens with one attached hydrogen (secondary N) is 1. The van der Waals surface area contributed by atoms with E-state index in [-0.39, 0.29) is 6.04 Å². The molecule has 0 aliphatic rings. The Balaban J connectivity index is 1.76. The Morgan fingerprint density at radius 2 is 1.59 bits per heavy atom. The summed E-state index contributed by atoms with van der Waals surface area (Å²) in [7, 11) is 0. The van der Waals surface area contributed by atoms with Crippen molar-refractivity contribution in [1.29, 1.82) is 0 Å². The fraction of sp³-hybridized carbons (Fsp3) is 0.182. The van der Waals surface area contributed by atoms with Crippen LogP contribution in [0.2, 0.25) is 5.02 Å². The summed E-state index contributed by atoms with van der Waals surface area (Å²) in [5.41, 5.74) is 2.91. The zero-order chi connectivity index (χ0) is 19.4. The third-order valence-electron chi connectivity index (χ3n) is 4.47. The molecule has 0 amide bonds. The van der Waals surface area contributed by atoms with Gasteiger partial charge in [-0.25, -0.2) is 0 Å². The second kappa shape index (κ2) is 8.15. The van der Waals surface area contributed by atoms with E-state index in [4.69, 9.17) is 11.6 Å². The minimum absolute atomic E-state index is 0.177. The molecule has 3 rings (SSSR count). The number of halogens is 4. The van der Waals surface area contributed by atoms with Crippen LogP contribution in [0.4, 0.5) is 13.2 Å². The first-order valence-electron chi connectivity index (χ1n) is 8.59. The lowest BCUT2D eigenvalue weighted by Gasteiger charge is -2.15. The molecule has 0 aromatic heterocycles. The molecule has 0 bridgehead atoms. The summed E-state index contributed by atoms with van der Waals surface area (Å²) >= 11 is 6.28. The summed E-state index contributed by atoms with van der Waals surface area (Å²) in [6, 6.07) is 20.9. The van der Waals surface area contributed by atoms with Crippen LogP contribution in [0.5, 0.6) is 0 Å². The minimum Gasteiger partial charge on any atom is -0.306 e. The Labute approximate surface area is 161 Å². The van der Waals surface area contributed by atoms with Crippen LogP contribution in [-0.4, -0.2) is 0 Å². The largest absolute Gasteiger partial charge is 0.416 e. The average Bonchev–Trinajstić information content (AvgIpc) is 2.67. The van der Waals surface area contributed by atoms with Crippen LogP contribution in [0, 0.1) is 0 Å². The molecule has 1 nitrogen and oxygen atoms in total. The molecule has 0 heterocycles. The fourth-order valence-electron chi connectivity index (χ4n) is 2.87. The maximum atomic E-state index is 12.7. The first-order chi connectivity index (χ1) is 12.8. The molecule has 0 fully saturated rings. The summed E-state index contributed by atoms with van der Waals surface area (Å²) in [5, 5.41) is 3.96. The van der Waals surface area contributed by atoms with Crippen molar-refractivity contribution in [2.45, 2.75) is 25.7 Å². The van der Waals surface area contributed by atoms with E-state index in [9.17, 15) is 13.2 Å². The molecule has 0 aliphatic heterocycles. The second-order valence-corrected chi connectivity index (χ2v) is 6.81. The molecule has 0 aliphatic carbocycles. The molecule has 0 saturated carbocycles. The summed E-state index contributed by atoms with van der Waals surface area (Å²) < 4.78 is 38.2. The molecule has 3 aromatic rings. The highest BCUT2D eigenvalue weighted by atomic mass is 35.5. The van der Waals surface area contributed by atoms with Gasteiger partial charge in [-0.15, -0.1) is 0 Å². The van der Waals surface area contributed by atoms with E-state index in [2.05, 4.69) is 24.4 Å². The summed E-state index contributed by atoms with van der Waals surface area (Å²) in [6.07, 6.45) is -4.35. The van der Waals surface area contributed by atoms with Crippen molar-refractivity contribution in [1.82, 2.24) is 5.32 Å². The highest BCUT2D eigenvalue weighted by Crippen LogP contribution is 2.33. The third-order valence-corrected chi connectivity index (χ3v) is 4.80. The van der Waals surface area contributed by atoms with Gasteiger partial charge in [0, 0.05) is 23.2 Å². The van der Waals surface area contributed by atoms with Gasteiger partial charge in [0.15, 0.2) is 0 Å². The standard InChI is InChI=1S/C22H19ClF3N/c1-15(17-5-3-2-4-6-17)27-14-16-7-12-21(23)20(13-16)18-8-10-19(11-9-18)22(24,25)26/h2-13,15,27H,14H2,1H3. The number of benzene rings is 3. The van der Waals surface area contributed by atoms with Crippen LogP contribution in [-0.2, 0) is 12.7 Å². The van der Waals surface area contributed by atoms with E-state index in [0.29, 0.717) is 17.1 Å². The van der Waals surface area contributed by atoms with E-state index < -0.39 is 11.7 Å². The highest BCUT2D eigenvalue weighted by molar-refractivity contribution is 6.33. The van der Waals surface area contributed by atoms with E-state index in [0.717, 1.165) is 23.3 Å². The number of hydrogen-bond donors (Lipinski definition) is 1. The fourth-order valence-corrected chi connectivity index (χ4v) is 3.10. The van der Waals surface area contributed by atoms with Crippen LogP contribution in [0.3, 0.4) is 0 Å². The normalized spacial score (nSPS) is 12.8. The van der Waals surface area contributed by atoms with Gasteiger partial charge < -0.3 is 5.32 Å². The van der Waals surface area contributed by atoms with Crippen LogP contribution < -0.4 is 5.32 Å². The maximum Gasteiger partial charge on any atom is 0.416 e. The Bertz CT molecular complexity index is 890. The molecule has 0 saturated heterocycles. The van der Waals surface area contributed by atoms with Crippen molar-refractivity contribution >= 4 is 11.6 Å². The zero-order valence-electron chi connectivity index (χ0n) is 14.7. The quantitative estimate of drug-likeness (QED) is 0.501. The first kappa shape index (κ1) is 19.5.